The molecule has 1 aromatic rings. The van der Waals surface area contributed by atoms with E-state index in [0.29, 0.717) is 12.2 Å². The van der Waals surface area contributed by atoms with Crippen LogP contribution in [0.5, 0.6) is 0 Å². The van der Waals surface area contributed by atoms with Gasteiger partial charge in [-0.3, -0.25) is 0 Å². The normalized spacial score (nSPS) is 11.8. The maximum atomic E-state index is 12.0. The van der Waals surface area contributed by atoms with Crippen molar-refractivity contribution in [3.05, 3.63) is 12.0 Å². The molecule has 0 saturated heterocycles. The van der Waals surface area contributed by atoms with Gasteiger partial charge in [0, 0.05) is 20.1 Å². The van der Waals surface area contributed by atoms with E-state index in [1.165, 1.54) is 18.2 Å². The molecular weight excluding hydrogens is 235 g/mol. The summed E-state index contributed by atoms with van der Waals surface area (Å²) in [5.74, 6) is 0. The van der Waals surface area contributed by atoms with E-state index in [9.17, 15) is 13.2 Å². The summed E-state index contributed by atoms with van der Waals surface area (Å²) in [4.78, 5) is 5.43. The largest absolute Gasteiger partial charge is 0.432 e. The number of halogens is 3. The monoisotopic (exact) mass is 251 g/mol. The number of hydrogen-bond acceptors (Lipinski definition) is 4. The number of nitrogens with zero attached hydrogens (tertiary/aromatic N) is 2. The summed E-state index contributed by atoms with van der Waals surface area (Å²) >= 11 is 0. The number of anilines is 1. The molecule has 0 aromatic carbocycles. The van der Waals surface area contributed by atoms with E-state index in [1.54, 1.807) is 0 Å². The molecule has 0 unspecified atom stereocenters. The molecule has 0 saturated carbocycles. The third-order valence-corrected chi connectivity index (χ3v) is 2.15. The summed E-state index contributed by atoms with van der Waals surface area (Å²) in [5.41, 5.74) is 0.681. The van der Waals surface area contributed by atoms with Crippen LogP contribution in [0.15, 0.2) is 10.7 Å². The molecule has 4 nitrogen and oxygen atoms in total. The molecule has 0 aliphatic carbocycles. The van der Waals surface area contributed by atoms with Crippen molar-refractivity contribution in [2.75, 3.05) is 25.0 Å². The van der Waals surface area contributed by atoms with Crippen molar-refractivity contribution in [2.45, 2.75) is 26.1 Å². The molecule has 1 N–H and O–H groups in total. The molecule has 1 aromatic heterocycles. The summed E-state index contributed by atoms with van der Waals surface area (Å²) in [7, 11) is 1.52. The quantitative estimate of drug-likeness (QED) is 0.841. The Balaban J connectivity index is 2.46. The molecule has 1 rings (SSSR count). The number of oxazole rings is 1. The third kappa shape index (κ3) is 5.08. The molecule has 0 spiro atoms. The number of hydrogen-bond donors (Lipinski definition) is 1. The predicted octanol–water partition coefficient (Wildman–Crippen LogP) is 2.17. The highest BCUT2D eigenvalue weighted by Gasteiger charge is 2.27. The van der Waals surface area contributed by atoms with E-state index >= 15 is 0 Å². The smallest absolute Gasteiger partial charge is 0.390 e. The highest BCUT2D eigenvalue weighted by atomic mass is 19.4. The van der Waals surface area contributed by atoms with Crippen molar-refractivity contribution >= 4 is 6.01 Å². The van der Waals surface area contributed by atoms with Gasteiger partial charge in [0.2, 0.25) is 0 Å². The van der Waals surface area contributed by atoms with Gasteiger partial charge >= 0.3 is 6.18 Å². The third-order valence-electron chi connectivity index (χ3n) is 2.15. The SMILES string of the molecule is CCNCc1coc(N(C)CCC(F)(F)F)n1. The Labute approximate surface area is 97.8 Å². The number of rotatable bonds is 6. The number of nitrogens with one attached hydrogen (secondary N) is 1. The first-order chi connectivity index (χ1) is 7.92. The molecule has 1 heterocycles. The van der Waals surface area contributed by atoms with Crippen LogP contribution in [0.2, 0.25) is 0 Å². The fourth-order valence-corrected chi connectivity index (χ4v) is 1.20. The van der Waals surface area contributed by atoms with Crippen LogP contribution in [0.3, 0.4) is 0 Å². The van der Waals surface area contributed by atoms with Crippen LogP contribution in [0, 0.1) is 0 Å². The molecule has 0 aliphatic rings. The Hall–Kier alpha value is -1.24. The standard InChI is InChI=1S/C10H16F3N3O/c1-3-14-6-8-7-17-9(15-8)16(2)5-4-10(11,12)13/h7,14H,3-6H2,1-2H3. The molecule has 7 heteroatoms. The van der Waals surface area contributed by atoms with Crippen molar-refractivity contribution in [1.29, 1.82) is 0 Å². The molecule has 98 valence electrons. The van der Waals surface area contributed by atoms with Gasteiger partial charge in [-0.15, -0.1) is 0 Å². The second-order valence-electron chi connectivity index (χ2n) is 3.69. The maximum absolute atomic E-state index is 12.0. The predicted molar refractivity (Wildman–Crippen MR) is 57.8 cm³/mol. The molecule has 0 radical (unpaired) electrons. The fourth-order valence-electron chi connectivity index (χ4n) is 1.20. The van der Waals surface area contributed by atoms with Crippen LogP contribution in [-0.4, -0.2) is 31.3 Å². The topological polar surface area (TPSA) is 41.3 Å². The highest BCUT2D eigenvalue weighted by Crippen LogP contribution is 2.21. The molecule has 0 aliphatic heterocycles. The van der Waals surface area contributed by atoms with Crippen molar-refractivity contribution in [2.24, 2.45) is 0 Å². The van der Waals surface area contributed by atoms with Crippen molar-refractivity contribution in [3.8, 4) is 0 Å². The Kier molecular flexibility index (Phi) is 4.80. The van der Waals surface area contributed by atoms with Gasteiger partial charge in [-0.1, -0.05) is 6.92 Å². The lowest BCUT2D eigenvalue weighted by Gasteiger charge is -2.15. The Morgan fingerprint density at radius 3 is 2.76 bits per heavy atom. The summed E-state index contributed by atoms with van der Waals surface area (Å²) in [6.07, 6.45) is -3.59. The van der Waals surface area contributed by atoms with Crippen LogP contribution >= 0.6 is 0 Å². The Morgan fingerprint density at radius 2 is 2.18 bits per heavy atom. The minimum Gasteiger partial charge on any atom is -0.432 e. The lowest BCUT2D eigenvalue weighted by atomic mass is 10.4. The van der Waals surface area contributed by atoms with Gasteiger partial charge in [-0.2, -0.15) is 18.2 Å². The average Bonchev–Trinajstić information content (AvgIpc) is 2.70. The zero-order valence-corrected chi connectivity index (χ0v) is 9.84. The van der Waals surface area contributed by atoms with Crippen LogP contribution in [0.25, 0.3) is 0 Å². The van der Waals surface area contributed by atoms with Crippen molar-refractivity contribution in [1.82, 2.24) is 10.3 Å². The van der Waals surface area contributed by atoms with E-state index in [2.05, 4.69) is 10.3 Å². The van der Waals surface area contributed by atoms with Gasteiger partial charge in [-0.25, -0.2) is 0 Å². The lowest BCUT2D eigenvalue weighted by Crippen LogP contribution is -2.24. The number of aromatic nitrogens is 1. The average molecular weight is 251 g/mol. The first-order valence-corrected chi connectivity index (χ1v) is 5.35. The summed E-state index contributed by atoms with van der Waals surface area (Å²) in [6.45, 7) is 3.14. The molecular formula is C10H16F3N3O. The zero-order chi connectivity index (χ0) is 12.9. The second-order valence-corrected chi connectivity index (χ2v) is 3.69. The van der Waals surface area contributed by atoms with E-state index in [-0.39, 0.29) is 12.6 Å². The van der Waals surface area contributed by atoms with Gasteiger partial charge in [0.1, 0.15) is 6.26 Å². The zero-order valence-electron chi connectivity index (χ0n) is 9.84. The fraction of sp³-hybridized carbons (Fsp3) is 0.700. The molecule has 0 bridgehead atoms. The minimum absolute atomic E-state index is 0.162. The van der Waals surface area contributed by atoms with Crippen LogP contribution in [-0.2, 0) is 6.54 Å². The summed E-state index contributed by atoms with van der Waals surface area (Å²) in [5, 5.41) is 3.05. The summed E-state index contributed by atoms with van der Waals surface area (Å²) in [6, 6.07) is 0.210. The number of alkyl halides is 3. The second kappa shape index (κ2) is 5.90. The Bertz CT molecular complexity index is 338. The van der Waals surface area contributed by atoms with Crippen LogP contribution < -0.4 is 10.2 Å². The van der Waals surface area contributed by atoms with E-state index in [4.69, 9.17) is 4.42 Å². The van der Waals surface area contributed by atoms with Gasteiger partial charge in [0.15, 0.2) is 0 Å². The Morgan fingerprint density at radius 1 is 1.47 bits per heavy atom. The maximum Gasteiger partial charge on any atom is 0.390 e. The van der Waals surface area contributed by atoms with Gasteiger partial charge < -0.3 is 14.6 Å². The highest BCUT2D eigenvalue weighted by molar-refractivity contribution is 5.25. The molecule has 17 heavy (non-hydrogen) atoms. The van der Waals surface area contributed by atoms with Gasteiger partial charge in [0.05, 0.1) is 12.1 Å². The van der Waals surface area contributed by atoms with E-state index in [0.717, 1.165) is 6.54 Å². The van der Waals surface area contributed by atoms with Gasteiger partial charge in [0.25, 0.3) is 6.01 Å². The first-order valence-electron chi connectivity index (χ1n) is 5.35. The first kappa shape index (κ1) is 13.8. The summed E-state index contributed by atoms with van der Waals surface area (Å²) < 4.78 is 41.1. The molecule has 0 fully saturated rings. The van der Waals surface area contributed by atoms with Crippen molar-refractivity contribution < 1.29 is 17.6 Å². The lowest BCUT2D eigenvalue weighted by molar-refractivity contribution is -0.132. The van der Waals surface area contributed by atoms with Crippen LogP contribution in [0.4, 0.5) is 19.2 Å². The molecule has 0 amide bonds. The van der Waals surface area contributed by atoms with E-state index in [1.807, 2.05) is 6.92 Å². The van der Waals surface area contributed by atoms with E-state index < -0.39 is 12.6 Å². The van der Waals surface area contributed by atoms with Crippen molar-refractivity contribution in [3.63, 3.8) is 0 Å². The van der Waals surface area contributed by atoms with Gasteiger partial charge in [-0.05, 0) is 6.54 Å². The molecule has 0 atom stereocenters. The van der Waals surface area contributed by atoms with Crippen LogP contribution in [0.1, 0.15) is 19.0 Å². The minimum atomic E-state index is -4.16.